The minimum Gasteiger partial charge on any atom is -0.325 e. The van der Waals surface area contributed by atoms with Crippen LogP contribution >= 0.6 is 11.6 Å². The third-order valence-electron chi connectivity index (χ3n) is 6.58. The average Bonchev–Trinajstić information content (AvgIpc) is 3.22. The molecule has 1 aliphatic rings. The zero-order chi connectivity index (χ0) is 26.8. The molecular formula is C30H28ClN5O2. The number of likely N-dealkylation sites (N-methyl/N-ethyl adjacent to an activating group) is 1. The zero-order valence-corrected chi connectivity index (χ0v) is 22.2. The third kappa shape index (κ3) is 5.30. The molecule has 0 radical (unpaired) electrons. The standard InChI is InChI=1S/C30H28ClN5O2/c1-19(37)36(16-15-35(2)3)24-11-9-23(10-12-24)33-29(21-7-6-20-5-4-14-32-26(20)17-21)28-25-13-8-22(31)18-27(25)34-30(28)38/h4-14,17-18,28H,15-16H2,1-3H3,(H,34,38). The van der Waals surface area contributed by atoms with Crippen LogP contribution in [-0.2, 0) is 9.59 Å². The number of anilines is 2. The lowest BCUT2D eigenvalue weighted by atomic mass is 9.90. The SMILES string of the molecule is CC(=O)N(CCN(C)C)c1ccc(N=C(c2ccc3cccnc3c2)C2C(=O)Nc3cc(Cl)ccc32)cc1. The minimum atomic E-state index is -0.614. The Morgan fingerprint density at radius 3 is 2.55 bits per heavy atom. The second-order valence-electron chi connectivity index (χ2n) is 9.55. The third-order valence-corrected chi connectivity index (χ3v) is 6.82. The Morgan fingerprint density at radius 2 is 1.82 bits per heavy atom. The Morgan fingerprint density at radius 1 is 1.03 bits per heavy atom. The summed E-state index contributed by atoms with van der Waals surface area (Å²) in [5.41, 5.74) is 5.22. The van der Waals surface area contributed by atoms with Crippen LogP contribution in [0.3, 0.4) is 0 Å². The largest absolute Gasteiger partial charge is 0.325 e. The highest BCUT2D eigenvalue weighted by atomic mass is 35.5. The first kappa shape index (κ1) is 25.6. The van der Waals surface area contributed by atoms with Crippen LogP contribution in [0.1, 0.15) is 24.0 Å². The quantitative estimate of drug-likeness (QED) is 0.316. The van der Waals surface area contributed by atoms with Gasteiger partial charge in [0.05, 0.1) is 16.9 Å². The van der Waals surface area contributed by atoms with Gasteiger partial charge >= 0.3 is 0 Å². The van der Waals surface area contributed by atoms with Crippen molar-refractivity contribution in [3.05, 3.63) is 95.1 Å². The van der Waals surface area contributed by atoms with Crippen LogP contribution in [-0.4, -0.2) is 54.6 Å². The van der Waals surface area contributed by atoms with Crippen molar-refractivity contribution in [3.63, 3.8) is 0 Å². The van der Waals surface area contributed by atoms with Gasteiger partial charge in [-0.1, -0.05) is 35.9 Å². The Labute approximate surface area is 226 Å². The second kappa shape index (κ2) is 10.7. The van der Waals surface area contributed by atoms with Gasteiger partial charge in [-0.25, -0.2) is 0 Å². The van der Waals surface area contributed by atoms with E-state index in [2.05, 4.69) is 10.3 Å². The lowest BCUT2D eigenvalue weighted by molar-refractivity contribution is -0.117. The fourth-order valence-electron chi connectivity index (χ4n) is 4.64. The first-order chi connectivity index (χ1) is 18.3. The molecule has 2 heterocycles. The molecule has 5 rings (SSSR count). The Bertz CT molecular complexity index is 1550. The molecule has 0 spiro atoms. The summed E-state index contributed by atoms with van der Waals surface area (Å²) in [6.45, 7) is 2.90. The van der Waals surface area contributed by atoms with Crippen LogP contribution < -0.4 is 10.2 Å². The molecule has 38 heavy (non-hydrogen) atoms. The maximum Gasteiger partial charge on any atom is 0.238 e. The van der Waals surface area contributed by atoms with E-state index in [4.69, 9.17) is 16.6 Å². The van der Waals surface area contributed by atoms with E-state index >= 15 is 0 Å². The number of hydrogen-bond acceptors (Lipinski definition) is 5. The Kier molecular flexibility index (Phi) is 7.22. The highest BCUT2D eigenvalue weighted by molar-refractivity contribution is 6.31. The maximum atomic E-state index is 13.3. The number of fused-ring (bicyclic) bond motifs is 2. The molecule has 1 aliphatic heterocycles. The predicted octanol–water partition coefficient (Wildman–Crippen LogP) is 5.66. The molecule has 0 saturated heterocycles. The molecule has 7 nitrogen and oxygen atoms in total. The van der Waals surface area contributed by atoms with E-state index in [-0.39, 0.29) is 11.8 Å². The number of aromatic nitrogens is 1. The summed E-state index contributed by atoms with van der Waals surface area (Å²) in [4.78, 5) is 38.8. The molecule has 0 aliphatic carbocycles. The first-order valence-corrected chi connectivity index (χ1v) is 12.7. The van der Waals surface area contributed by atoms with Crippen molar-refractivity contribution in [2.75, 3.05) is 37.4 Å². The van der Waals surface area contributed by atoms with Crippen molar-refractivity contribution in [3.8, 4) is 0 Å². The topological polar surface area (TPSA) is 77.9 Å². The van der Waals surface area contributed by atoms with Crippen molar-refractivity contribution in [2.24, 2.45) is 4.99 Å². The smallest absolute Gasteiger partial charge is 0.238 e. The summed E-state index contributed by atoms with van der Waals surface area (Å²) >= 11 is 6.19. The number of nitrogens with zero attached hydrogens (tertiary/aromatic N) is 4. The molecule has 2 amide bonds. The molecule has 3 aromatic carbocycles. The molecule has 0 bridgehead atoms. The zero-order valence-electron chi connectivity index (χ0n) is 21.5. The van der Waals surface area contributed by atoms with Crippen molar-refractivity contribution in [2.45, 2.75) is 12.8 Å². The highest BCUT2D eigenvalue weighted by Gasteiger charge is 2.35. The number of nitrogens with one attached hydrogen (secondary N) is 1. The minimum absolute atomic E-state index is 0.0228. The van der Waals surface area contributed by atoms with Crippen LogP contribution in [0, 0.1) is 0 Å². The van der Waals surface area contributed by atoms with Crippen LogP contribution in [0.25, 0.3) is 10.9 Å². The maximum absolute atomic E-state index is 13.3. The molecule has 0 saturated carbocycles. The summed E-state index contributed by atoms with van der Waals surface area (Å²) < 4.78 is 0. The highest BCUT2D eigenvalue weighted by Crippen LogP contribution is 2.38. The van der Waals surface area contributed by atoms with Gasteiger partial charge in [0.2, 0.25) is 11.8 Å². The number of aliphatic imine (C=N–C) groups is 1. The molecule has 1 N–H and O–H groups in total. The summed E-state index contributed by atoms with van der Waals surface area (Å²) in [7, 11) is 3.95. The van der Waals surface area contributed by atoms with E-state index in [9.17, 15) is 9.59 Å². The Hall–Kier alpha value is -4.07. The van der Waals surface area contributed by atoms with Gasteiger partial charge in [0, 0.05) is 48.0 Å². The Balaban J connectivity index is 1.58. The van der Waals surface area contributed by atoms with Crippen LogP contribution in [0.2, 0.25) is 5.02 Å². The lowest BCUT2D eigenvalue weighted by Gasteiger charge is -2.23. The number of rotatable bonds is 7. The first-order valence-electron chi connectivity index (χ1n) is 12.4. The van der Waals surface area contributed by atoms with E-state index in [1.165, 1.54) is 0 Å². The molecule has 0 fully saturated rings. The molecule has 1 aromatic heterocycles. The summed E-state index contributed by atoms with van der Waals surface area (Å²) in [5.74, 6) is -0.799. The van der Waals surface area contributed by atoms with E-state index < -0.39 is 5.92 Å². The predicted molar refractivity (Wildman–Crippen MR) is 154 cm³/mol. The number of benzene rings is 3. The normalized spacial score (nSPS) is 15.0. The summed E-state index contributed by atoms with van der Waals surface area (Å²) in [6.07, 6.45) is 1.75. The van der Waals surface area contributed by atoms with Gasteiger partial charge in [-0.05, 0) is 73.8 Å². The van der Waals surface area contributed by atoms with Gasteiger partial charge in [-0.3, -0.25) is 19.6 Å². The molecule has 1 atom stereocenters. The summed E-state index contributed by atoms with van der Waals surface area (Å²) in [5, 5.41) is 4.51. The van der Waals surface area contributed by atoms with Crippen molar-refractivity contribution < 1.29 is 9.59 Å². The van der Waals surface area contributed by atoms with Gasteiger partial charge in [-0.2, -0.15) is 0 Å². The van der Waals surface area contributed by atoms with E-state index in [1.54, 1.807) is 30.2 Å². The number of hydrogen-bond donors (Lipinski definition) is 1. The van der Waals surface area contributed by atoms with E-state index in [0.717, 1.165) is 34.3 Å². The lowest BCUT2D eigenvalue weighted by Crippen LogP contribution is -2.35. The van der Waals surface area contributed by atoms with Crippen LogP contribution in [0.15, 0.2) is 84.0 Å². The number of halogens is 1. The number of carbonyl (C=O) groups excluding carboxylic acids is 2. The monoisotopic (exact) mass is 525 g/mol. The van der Waals surface area contributed by atoms with Crippen molar-refractivity contribution in [1.29, 1.82) is 0 Å². The van der Waals surface area contributed by atoms with Gasteiger partial charge in [0.15, 0.2) is 0 Å². The van der Waals surface area contributed by atoms with Gasteiger partial charge in [0.1, 0.15) is 5.92 Å². The van der Waals surface area contributed by atoms with Gasteiger partial charge < -0.3 is 15.1 Å². The number of pyridine rings is 1. The van der Waals surface area contributed by atoms with Crippen LogP contribution in [0.4, 0.5) is 17.1 Å². The number of amides is 2. The van der Waals surface area contributed by atoms with Crippen molar-refractivity contribution in [1.82, 2.24) is 9.88 Å². The molecular weight excluding hydrogens is 498 g/mol. The van der Waals surface area contributed by atoms with Crippen LogP contribution in [0.5, 0.6) is 0 Å². The second-order valence-corrected chi connectivity index (χ2v) is 9.99. The molecule has 8 heteroatoms. The van der Waals surface area contributed by atoms with Crippen molar-refractivity contribution >= 4 is 57.1 Å². The molecule has 192 valence electrons. The molecule has 4 aromatic rings. The van der Waals surface area contributed by atoms with Gasteiger partial charge in [0.25, 0.3) is 0 Å². The average molecular weight is 526 g/mol. The van der Waals surface area contributed by atoms with E-state index in [0.29, 0.717) is 28.7 Å². The van der Waals surface area contributed by atoms with Gasteiger partial charge in [-0.15, -0.1) is 0 Å². The fourth-order valence-corrected chi connectivity index (χ4v) is 4.81. The number of carbonyl (C=O) groups is 2. The fraction of sp³-hybridized carbons (Fsp3) is 0.200. The van der Waals surface area contributed by atoms with E-state index in [1.807, 2.05) is 79.7 Å². The molecule has 1 unspecified atom stereocenters. The summed E-state index contributed by atoms with van der Waals surface area (Å²) in [6, 6.07) is 22.7.